The second kappa shape index (κ2) is 8.56. The smallest absolute Gasteiger partial charge is 0.255 e. The van der Waals surface area contributed by atoms with E-state index in [1.807, 2.05) is 35.4 Å². The summed E-state index contributed by atoms with van der Waals surface area (Å²) < 4.78 is 0. The van der Waals surface area contributed by atoms with E-state index in [0.717, 1.165) is 44.0 Å². The fraction of sp³-hybridized carbons (Fsp3) is 0.286. The Morgan fingerprint density at radius 3 is 2.82 bits per heavy atom. The van der Waals surface area contributed by atoms with Gasteiger partial charge >= 0.3 is 0 Å². The van der Waals surface area contributed by atoms with Gasteiger partial charge in [0.1, 0.15) is 11.6 Å². The van der Waals surface area contributed by atoms with E-state index >= 15 is 0 Å². The third-order valence-corrected chi connectivity index (χ3v) is 4.91. The van der Waals surface area contributed by atoms with Crippen molar-refractivity contribution in [3.05, 3.63) is 72.3 Å². The monoisotopic (exact) mass is 374 g/mol. The summed E-state index contributed by atoms with van der Waals surface area (Å²) in [5.74, 6) is 2.01. The molecular formula is C21H22N6O. The maximum absolute atomic E-state index is 12.7. The van der Waals surface area contributed by atoms with Gasteiger partial charge in [0.25, 0.3) is 5.91 Å². The molecule has 0 aromatic carbocycles. The molecule has 1 aliphatic rings. The Labute approximate surface area is 163 Å². The molecule has 7 heteroatoms. The number of nitrogens with one attached hydrogen (secondary N) is 1. The van der Waals surface area contributed by atoms with Gasteiger partial charge in [0.15, 0.2) is 0 Å². The van der Waals surface area contributed by atoms with Gasteiger partial charge in [-0.05, 0) is 61.1 Å². The van der Waals surface area contributed by atoms with Gasteiger partial charge in [-0.25, -0.2) is 9.97 Å². The van der Waals surface area contributed by atoms with E-state index < -0.39 is 0 Å². The lowest BCUT2D eigenvalue weighted by Gasteiger charge is -2.33. The first-order valence-electron chi connectivity index (χ1n) is 9.47. The van der Waals surface area contributed by atoms with Crippen LogP contribution < -0.4 is 5.32 Å². The number of rotatable bonds is 5. The Bertz CT molecular complexity index is 918. The van der Waals surface area contributed by atoms with Gasteiger partial charge in [0.05, 0.1) is 18.0 Å². The lowest BCUT2D eigenvalue weighted by atomic mass is 9.91. The van der Waals surface area contributed by atoms with Gasteiger partial charge in [-0.3, -0.25) is 4.79 Å². The normalized spacial score (nSPS) is 16.6. The molecule has 142 valence electrons. The summed E-state index contributed by atoms with van der Waals surface area (Å²) in [5.41, 5.74) is 1.81. The van der Waals surface area contributed by atoms with Crippen LogP contribution in [0.3, 0.4) is 0 Å². The van der Waals surface area contributed by atoms with Crippen LogP contribution in [-0.2, 0) is 6.42 Å². The SMILES string of the molecule is O=C(c1ccnnc1)N1CCC[C@H](Cc2ccnc(Nc3ccccn3)c2)C1. The number of hydrogen-bond donors (Lipinski definition) is 1. The quantitative estimate of drug-likeness (QED) is 0.739. The fourth-order valence-electron chi connectivity index (χ4n) is 3.59. The van der Waals surface area contributed by atoms with Crippen molar-refractivity contribution in [3.8, 4) is 0 Å². The zero-order valence-corrected chi connectivity index (χ0v) is 15.5. The van der Waals surface area contributed by atoms with Crippen LogP contribution in [-0.4, -0.2) is 44.1 Å². The summed E-state index contributed by atoms with van der Waals surface area (Å²) in [6, 6.07) is 11.5. The molecule has 1 saturated heterocycles. The Kier molecular flexibility index (Phi) is 5.51. The number of aromatic nitrogens is 4. The third-order valence-electron chi connectivity index (χ3n) is 4.91. The van der Waals surface area contributed by atoms with Gasteiger partial charge in [-0.15, -0.1) is 0 Å². The van der Waals surface area contributed by atoms with Crippen molar-refractivity contribution in [2.45, 2.75) is 19.3 Å². The predicted molar refractivity (Wildman–Crippen MR) is 106 cm³/mol. The fourth-order valence-corrected chi connectivity index (χ4v) is 3.59. The van der Waals surface area contributed by atoms with E-state index in [0.29, 0.717) is 11.5 Å². The molecule has 1 N–H and O–H groups in total. The first-order chi connectivity index (χ1) is 13.8. The van der Waals surface area contributed by atoms with E-state index in [1.54, 1.807) is 18.5 Å². The van der Waals surface area contributed by atoms with Crippen LogP contribution in [0, 0.1) is 5.92 Å². The van der Waals surface area contributed by atoms with Crippen molar-refractivity contribution in [2.75, 3.05) is 18.4 Å². The van der Waals surface area contributed by atoms with Crippen molar-refractivity contribution in [1.82, 2.24) is 25.1 Å². The molecule has 0 unspecified atom stereocenters. The van der Waals surface area contributed by atoms with Crippen molar-refractivity contribution in [1.29, 1.82) is 0 Å². The average molecular weight is 374 g/mol. The van der Waals surface area contributed by atoms with Crippen LogP contribution in [0.25, 0.3) is 0 Å². The highest BCUT2D eigenvalue weighted by molar-refractivity contribution is 5.93. The van der Waals surface area contributed by atoms with Crippen molar-refractivity contribution in [3.63, 3.8) is 0 Å². The summed E-state index contributed by atoms with van der Waals surface area (Å²) in [7, 11) is 0. The van der Waals surface area contributed by atoms with E-state index in [9.17, 15) is 4.79 Å². The maximum atomic E-state index is 12.7. The highest BCUT2D eigenvalue weighted by Gasteiger charge is 2.25. The van der Waals surface area contributed by atoms with Crippen LogP contribution in [0.15, 0.2) is 61.2 Å². The van der Waals surface area contributed by atoms with E-state index in [2.05, 4.69) is 31.5 Å². The largest absolute Gasteiger partial charge is 0.338 e. The Morgan fingerprint density at radius 1 is 1.07 bits per heavy atom. The van der Waals surface area contributed by atoms with Crippen LogP contribution in [0.4, 0.5) is 11.6 Å². The number of piperidine rings is 1. The molecule has 4 rings (SSSR count). The number of amides is 1. The number of carbonyl (C=O) groups is 1. The molecule has 0 radical (unpaired) electrons. The maximum Gasteiger partial charge on any atom is 0.255 e. The topological polar surface area (TPSA) is 83.9 Å². The molecule has 0 aliphatic carbocycles. The van der Waals surface area contributed by atoms with E-state index in [4.69, 9.17) is 0 Å². The van der Waals surface area contributed by atoms with E-state index in [-0.39, 0.29) is 5.91 Å². The third kappa shape index (κ3) is 4.49. The van der Waals surface area contributed by atoms with Gasteiger partial charge in [-0.1, -0.05) is 6.07 Å². The highest BCUT2D eigenvalue weighted by atomic mass is 16.2. The lowest BCUT2D eigenvalue weighted by Crippen LogP contribution is -2.40. The zero-order chi connectivity index (χ0) is 19.2. The minimum absolute atomic E-state index is 0.0341. The molecule has 3 aromatic heterocycles. The summed E-state index contributed by atoms with van der Waals surface area (Å²) in [6.45, 7) is 1.55. The Hall–Kier alpha value is -3.35. The average Bonchev–Trinajstić information content (AvgIpc) is 2.75. The number of anilines is 2. The molecule has 0 saturated carbocycles. The number of carbonyl (C=O) groups excluding carboxylic acids is 1. The molecule has 1 atom stereocenters. The highest BCUT2D eigenvalue weighted by Crippen LogP contribution is 2.23. The molecule has 7 nitrogen and oxygen atoms in total. The number of nitrogens with zero attached hydrogens (tertiary/aromatic N) is 5. The van der Waals surface area contributed by atoms with Crippen LogP contribution >= 0.6 is 0 Å². The summed E-state index contributed by atoms with van der Waals surface area (Å²) >= 11 is 0. The van der Waals surface area contributed by atoms with Gasteiger partial charge in [0.2, 0.25) is 0 Å². The van der Waals surface area contributed by atoms with Gasteiger partial charge < -0.3 is 10.2 Å². The van der Waals surface area contributed by atoms with Crippen LogP contribution in [0.5, 0.6) is 0 Å². The zero-order valence-electron chi connectivity index (χ0n) is 15.5. The summed E-state index contributed by atoms with van der Waals surface area (Å²) in [5, 5.41) is 10.8. The number of likely N-dealkylation sites (tertiary alicyclic amines) is 1. The molecule has 0 spiro atoms. The molecule has 28 heavy (non-hydrogen) atoms. The second-order valence-corrected chi connectivity index (χ2v) is 6.98. The van der Waals surface area contributed by atoms with E-state index in [1.165, 1.54) is 11.8 Å². The molecule has 4 heterocycles. The number of pyridine rings is 2. The van der Waals surface area contributed by atoms with Crippen LogP contribution in [0.1, 0.15) is 28.8 Å². The molecular weight excluding hydrogens is 352 g/mol. The van der Waals surface area contributed by atoms with Crippen molar-refractivity contribution >= 4 is 17.5 Å². The van der Waals surface area contributed by atoms with Gasteiger partial charge in [-0.2, -0.15) is 10.2 Å². The summed E-state index contributed by atoms with van der Waals surface area (Å²) in [6.07, 6.45) is 9.69. The first-order valence-corrected chi connectivity index (χ1v) is 9.47. The first kappa shape index (κ1) is 18.0. The lowest BCUT2D eigenvalue weighted by molar-refractivity contribution is 0.0672. The minimum Gasteiger partial charge on any atom is -0.338 e. The standard InChI is InChI=1S/C21H22N6O/c28-21(18-7-10-24-25-14-18)27-11-3-4-17(15-27)12-16-6-9-23-20(13-16)26-19-5-1-2-8-22-19/h1-2,5-10,13-14,17H,3-4,11-12,15H2,(H,22,23,26)/t17-/m1/s1. The summed E-state index contributed by atoms with van der Waals surface area (Å²) in [4.78, 5) is 23.3. The molecule has 0 bridgehead atoms. The second-order valence-electron chi connectivity index (χ2n) is 6.98. The predicted octanol–water partition coefficient (Wildman–Crippen LogP) is 3.11. The van der Waals surface area contributed by atoms with Crippen molar-refractivity contribution in [2.24, 2.45) is 5.92 Å². The molecule has 1 fully saturated rings. The number of hydrogen-bond acceptors (Lipinski definition) is 6. The molecule has 1 amide bonds. The Morgan fingerprint density at radius 2 is 2.00 bits per heavy atom. The van der Waals surface area contributed by atoms with Crippen molar-refractivity contribution < 1.29 is 4.79 Å². The van der Waals surface area contributed by atoms with Gasteiger partial charge in [0, 0.05) is 25.5 Å². The molecule has 3 aromatic rings. The molecule has 1 aliphatic heterocycles. The Balaban J connectivity index is 1.40. The van der Waals surface area contributed by atoms with Crippen LogP contribution in [0.2, 0.25) is 0 Å². The minimum atomic E-state index is 0.0341.